The van der Waals surface area contributed by atoms with E-state index in [2.05, 4.69) is 5.32 Å². The van der Waals surface area contributed by atoms with E-state index in [0.29, 0.717) is 13.2 Å². The van der Waals surface area contributed by atoms with Crippen molar-refractivity contribution >= 4 is 11.9 Å². The van der Waals surface area contributed by atoms with Crippen LogP contribution in [-0.2, 0) is 14.3 Å². The van der Waals surface area contributed by atoms with Crippen molar-refractivity contribution in [1.82, 2.24) is 5.32 Å². The molecule has 0 spiro atoms. The molecule has 18 heavy (non-hydrogen) atoms. The molecule has 0 heterocycles. The van der Waals surface area contributed by atoms with Crippen molar-refractivity contribution in [1.29, 1.82) is 0 Å². The summed E-state index contributed by atoms with van der Waals surface area (Å²) in [4.78, 5) is 23.1. The predicted molar refractivity (Wildman–Crippen MR) is 70.1 cm³/mol. The van der Waals surface area contributed by atoms with Gasteiger partial charge in [-0.15, -0.1) is 0 Å². The molecule has 1 N–H and O–H groups in total. The van der Waals surface area contributed by atoms with E-state index in [9.17, 15) is 9.59 Å². The summed E-state index contributed by atoms with van der Waals surface area (Å²) in [5.74, 6) is 0.0177. The third-order valence-corrected chi connectivity index (χ3v) is 3.41. The summed E-state index contributed by atoms with van der Waals surface area (Å²) in [6, 6.07) is 0. The summed E-state index contributed by atoms with van der Waals surface area (Å²) < 4.78 is 4.82. The molecule has 104 valence electrons. The monoisotopic (exact) mass is 255 g/mol. The average Bonchev–Trinajstić information content (AvgIpc) is 2.28. The van der Waals surface area contributed by atoms with Crippen LogP contribution in [0.5, 0.6) is 0 Å². The highest BCUT2D eigenvalue weighted by molar-refractivity contribution is 5.79. The molecule has 0 aromatic rings. The van der Waals surface area contributed by atoms with Gasteiger partial charge in [-0.1, -0.05) is 32.1 Å². The SMILES string of the molecule is CCOC(=O)CCNC(=O)C1CCCCCCC1. The highest BCUT2D eigenvalue weighted by Crippen LogP contribution is 2.22. The van der Waals surface area contributed by atoms with Gasteiger partial charge in [-0.3, -0.25) is 9.59 Å². The van der Waals surface area contributed by atoms with E-state index >= 15 is 0 Å². The Morgan fingerprint density at radius 3 is 2.33 bits per heavy atom. The topological polar surface area (TPSA) is 55.4 Å². The van der Waals surface area contributed by atoms with Gasteiger partial charge in [-0.05, 0) is 19.8 Å². The smallest absolute Gasteiger partial charge is 0.307 e. The van der Waals surface area contributed by atoms with Gasteiger partial charge in [0, 0.05) is 12.5 Å². The summed E-state index contributed by atoms with van der Waals surface area (Å²) in [6.45, 7) is 2.58. The Balaban J connectivity index is 2.19. The van der Waals surface area contributed by atoms with Crippen molar-refractivity contribution in [3.63, 3.8) is 0 Å². The molecule has 0 aromatic carbocycles. The second-order valence-corrected chi connectivity index (χ2v) is 4.89. The highest BCUT2D eigenvalue weighted by Gasteiger charge is 2.19. The summed E-state index contributed by atoms with van der Waals surface area (Å²) in [5.41, 5.74) is 0. The number of rotatable bonds is 5. The maximum Gasteiger partial charge on any atom is 0.307 e. The van der Waals surface area contributed by atoms with Gasteiger partial charge in [0.25, 0.3) is 0 Å². The lowest BCUT2D eigenvalue weighted by atomic mass is 9.90. The second kappa shape index (κ2) is 8.95. The Morgan fingerprint density at radius 2 is 1.72 bits per heavy atom. The number of hydrogen-bond acceptors (Lipinski definition) is 3. The standard InChI is InChI=1S/C14H25NO3/c1-2-18-13(16)10-11-15-14(17)12-8-6-4-3-5-7-9-12/h12H,2-11H2,1H3,(H,15,17). The van der Waals surface area contributed by atoms with Crippen LogP contribution in [0.3, 0.4) is 0 Å². The van der Waals surface area contributed by atoms with Crippen LogP contribution < -0.4 is 5.32 Å². The van der Waals surface area contributed by atoms with Crippen molar-refractivity contribution < 1.29 is 14.3 Å². The molecular weight excluding hydrogens is 230 g/mol. The number of nitrogens with one attached hydrogen (secondary N) is 1. The molecule has 1 rings (SSSR count). The summed E-state index contributed by atoms with van der Waals surface area (Å²) in [7, 11) is 0. The minimum absolute atomic E-state index is 0.112. The molecule has 0 saturated heterocycles. The van der Waals surface area contributed by atoms with Crippen LogP contribution in [0.4, 0.5) is 0 Å². The van der Waals surface area contributed by atoms with E-state index in [1.165, 1.54) is 19.3 Å². The first-order valence-electron chi connectivity index (χ1n) is 7.17. The van der Waals surface area contributed by atoms with Gasteiger partial charge in [-0.25, -0.2) is 0 Å². The molecule has 0 unspecified atom stereocenters. The van der Waals surface area contributed by atoms with Crippen molar-refractivity contribution in [3.8, 4) is 0 Å². The fourth-order valence-corrected chi connectivity index (χ4v) is 2.38. The summed E-state index contributed by atoms with van der Waals surface area (Å²) in [6.07, 6.45) is 8.34. The van der Waals surface area contributed by atoms with Crippen LogP contribution in [-0.4, -0.2) is 25.0 Å². The van der Waals surface area contributed by atoms with E-state index in [1.54, 1.807) is 6.92 Å². The van der Waals surface area contributed by atoms with Crippen LogP contribution in [0.1, 0.15) is 58.3 Å². The number of carbonyl (C=O) groups excluding carboxylic acids is 2. The van der Waals surface area contributed by atoms with Gasteiger partial charge in [0.05, 0.1) is 13.0 Å². The van der Waals surface area contributed by atoms with Gasteiger partial charge in [0.15, 0.2) is 0 Å². The van der Waals surface area contributed by atoms with Gasteiger partial charge >= 0.3 is 5.97 Å². The largest absolute Gasteiger partial charge is 0.466 e. The van der Waals surface area contributed by atoms with E-state index in [1.807, 2.05) is 0 Å². The average molecular weight is 255 g/mol. The van der Waals surface area contributed by atoms with Crippen molar-refractivity contribution in [2.24, 2.45) is 5.92 Å². The third kappa shape index (κ3) is 6.03. The minimum Gasteiger partial charge on any atom is -0.466 e. The molecule has 0 atom stereocenters. The zero-order valence-electron chi connectivity index (χ0n) is 11.4. The molecule has 1 saturated carbocycles. The molecule has 4 nitrogen and oxygen atoms in total. The molecule has 4 heteroatoms. The van der Waals surface area contributed by atoms with Gasteiger partial charge < -0.3 is 10.1 Å². The number of carbonyl (C=O) groups is 2. The molecule has 1 fully saturated rings. The maximum atomic E-state index is 11.9. The molecule has 0 aromatic heterocycles. The molecule has 1 amide bonds. The van der Waals surface area contributed by atoms with E-state index in [-0.39, 0.29) is 24.2 Å². The molecule has 0 aliphatic heterocycles. The molecule has 1 aliphatic carbocycles. The summed E-state index contributed by atoms with van der Waals surface area (Å²) in [5, 5.41) is 2.85. The van der Waals surface area contributed by atoms with Crippen molar-refractivity contribution in [2.45, 2.75) is 58.3 Å². The Hall–Kier alpha value is -1.06. The first-order chi connectivity index (χ1) is 8.74. The lowest BCUT2D eigenvalue weighted by Crippen LogP contribution is -2.33. The van der Waals surface area contributed by atoms with Gasteiger partial charge in [-0.2, -0.15) is 0 Å². The molecule has 1 aliphatic rings. The lowest BCUT2D eigenvalue weighted by Gasteiger charge is -2.18. The first-order valence-corrected chi connectivity index (χ1v) is 7.17. The Kier molecular flexibility index (Phi) is 7.46. The number of esters is 1. The van der Waals surface area contributed by atoms with Gasteiger partial charge in [0.1, 0.15) is 0 Å². The number of amides is 1. The minimum atomic E-state index is -0.240. The van der Waals surface area contributed by atoms with Crippen molar-refractivity contribution in [2.75, 3.05) is 13.2 Å². The van der Waals surface area contributed by atoms with Crippen molar-refractivity contribution in [3.05, 3.63) is 0 Å². The number of hydrogen-bond donors (Lipinski definition) is 1. The normalized spacial score (nSPS) is 17.6. The molecular formula is C14H25NO3. The van der Waals surface area contributed by atoms with Crippen LogP contribution in [0, 0.1) is 5.92 Å². The molecule has 0 bridgehead atoms. The predicted octanol–water partition coefficient (Wildman–Crippen LogP) is 2.42. The summed E-state index contributed by atoms with van der Waals surface area (Å²) >= 11 is 0. The molecule has 0 radical (unpaired) electrons. The Morgan fingerprint density at radius 1 is 1.11 bits per heavy atom. The van der Waals surface area contributed by atoms with Crippen LogP contribution in [0.25, 0.3) is 0 Å². The number of ether oxygens (including phenoxy) is 1. The maximum absolute atomic E-state index is 11.9. The zero-order valence-corrected chi connectivity index (χ0v) is 11.4. The van der Waals surface area contributed by atoms with E-state index in [4.69, 9.17) is 4.74 Å². The third-order valence-electron chi connectivity index (χ3n) is 3.41. The van der Waals surface area contributed by atoms with Crippen LogP contribution in [0.15, 0.2) is 0 Å². The Bertz CT molecular complexity index is 258. The van der Waals surface area contributed by atoms with Gasteiger partial charge in [0.2, 0.25) is 5.91 Å². The first kappa shape index (κ1) is 15.0. The Labute approximate surface area is 109 Å². The second-order valence-electron chi connectivity index (χ2n) is 4.89. The highest BCUT2D eigenvalue weighted by atomic mass is 16.5. The van der Waals surface area contributed by atoms with Crippen LogP contribution >= 0.6 is 0 Å². The zero-order chi connectivity index (χ0) is 13.2. The van der Waals surface area contributed by atoms with Crippen LogP contribution in [0.2, 0.25) is 0 Å². The fraction of sp³-hybridized carbons (Fsp3) is 0.857. The lowest BCUT2D eigenvalue weighted by molar-refractivity contribution is -0.143. The van der Waals surface area contributed by atoms with E-state index in [0.717, 1.165) is 25.7 Å². The van der Waals surface area contributed by atoms with E-state index < -0.39 is 0 Å². The quantitative estimate of drug-likeness (QED) is 0.768. The fourth-order valence-electron chi connectivity index (χ4n) is 2.38.